The van der Waals surface area contributed by atoms with Gasteiger partial charge in [0.25, 0.3) is 0 Å². The Balaban J connectivity index is 0.000000133. The van der Waals surface area contributed by atoms with Crippen molar-refractivity contribution >= 4 is 34.1 Å². The van der Waals surface area contributed by atoms with E-state index in [1.165, 1.54) is 38.9 Å². The van der Waals surface area contributed by atoms with E-state index in [4.69, 9.17) is 0 Å². The van der Waals surface area contributed by atoms with Crippen LogP contribution in [0.4, 0.5) is 47.3 Å². The second-order valence-electron chi connectivity index (χ2n) is 31.3. The number of benzene rings is 12. The van der Waals surface area contributed by atoms with E-state index in [0.717, 1.165) is 78.3 Å². The molecule has 0 heterocycles. The third-order valence-electron chi connectivity index (χ3n) is 20.4. The maximum Gasteiger partial charge on any atom is 0.147 e. The van der Waals surface area contributed by atoms with E-state index in [2.05, 4.69) is 288 Å². The van der Waals surface area contributed by atoms with Crippen molar-refractivity contribution in [1.29, 1.82) is 0 Å². The first-order valence-electron chi connectivity index (χ1n) is 34.7. The number of hydrogen-bond acceptors (Lipinski definition) is 3. The Morgan fingerprint density at radius 3 is 0.919 bits per heavy atom. The van der Waals surface area contributed by atoms with E-state index < -0.39 is 0 Å². The van der Waals surface area contributed by atoms with Gasteiger partial charge in [-0.25, -0.2) is 13.2 Å². The minimum Gasteiger partial charge on any atom is -0.334 e. The first-order valence-corrected chi connectivity index (χ1v) is 34.7. The van der Waals surface area contributed by atoms with Crippen LogP contribution in [0.5, 0.6) is 0 Å². The maximum atomic E-state index is 15.9. The van der Waals surface area contributed by atoms with E-state index in [9.17, 15) is 0 Å². The maximum absolute atomic E-state index is 15.9. The molecular formula is C93H90F3N3. The molecule has 0 saturated heterocycles. The summed E-state index contributed by atoms with van der Waals surface area (Å²) in [5.41, 5.74) is 23.8. The Hall–Kier alpha value is -10.2. The van der Waals surface area contributed by atoms with Gasteiger partial charge in [-0.15, -0.1) is 0 Å². The van der Waals surface area contributed by atoms with E-state index in [0.29, 0.717) is 17.1 Å². The number of halogens is 3. The molecule has 99 heavy (non-hydrogen) atoms. The third kappa shape index (κ3) is 12.5. The van der Waals surface area contributed by atoms with Gasteiger partial charge in [-0.2, -0.15) is 0 Å². The molecule has 0 aliphatic heterocycles. The molecule has 12 aromatic rings. The molecule has 0 N–H and O–H groups in total. The average Bonchev–Trinajstić information content (AvgIpc) is 1.61. The van der Waals surface area contributed by atoms with Gasteiger partial charge in [0.1, 0.15) is 17.5 Å². The molecule has 12 aromatic carbocycles. The van der Waals surface area contributed by atoms with Crippen LogP contribution in [0.25, 0.3) is 66.8 Å². The molecule has 0 aromatic heterocycles. The largest absolute Gasteiger partial charge is 0.334 e. The Bertz CT molecular complexity index is 4970. The van der Waals surface area contributed by atoms with Crippen LogP contribution in [0.1, 0.15) is 137 Å². The molecule has 498 valence electrons. The Morgan fingerprint density at radius 2 is 0.525 bits per heavy atom. The van der Waals surface area contributed by atoms with Crippen LogP contribution in [0.15, 0.2) is 273 Å². The highest BCUT2D eigenvalue weighted by Gasteiger charge is 2.42. The fraction of sp³-hybridized carbons (Fsp3) is 0.226. The van der Waals surface area contributed by atoms with E-state index in [-0.39, 0.29) is 50.3 Å². The fourth-order valence-electron chi connectivity index (χ4n) is 15.7. The third-order valence-corrected chi connectivity index (χ3v) is 20.4. The van der Waals surface area contributed by atoms with Gasteiger partial charge in [-0.3, -0.25) is 0 Å². The summed E-state index contributed by atoms with van der Waals surface area (Å²) in [5, 5.41) is 0. The van der Waals surface area contributed by atoms with Crippen LogP contribution in [-0.2, 0) is 16.2 Å². The van der Waals surface area contributed by atoms with Crippen molar-refractivity contribution in [2.75, 3.05) is 14.7 Å². The van der Waals surface area contributed by atoms with Crippen molar-refractivity contribution in [2.45, 2.75) is 137 Å². The number of rotatable bonds is 9. The van der Waals surface area contributed by atoms with Crippen molar-refractivity contribution < 1.29 is 13.2 Å². The fourth-order valence-corrected chi connectivity index (χ4v) is 15.7. The standard InChI is InChI=1S/3C31H30FN/c1-30(2,3)33(28-18-12-10-15-22(28)21-13-7-6-8-14-21)29-20-26-24(19-27(29)32)23-16-9-11-17-25(23)31(26,4)5;1-30(2,3)33(23-15-11-14-22(18-23)21-12-7-6-8-13-21)29-20-27-25(19-28(29)32)24-16-9-10-17-26(24)31(27,4)5;1-30(2,3)33(23-17-15-22(16-18-23)21-11-7-6-8-12-21)29-20-27-25(19-28(29)32)24-13-9-10-14-26(24)31(27,4)5/h3*6-20H,1-5H3. The summed E-state index contributed by atoms with van der Waals surface area (Å²) >= 11 is 0. The molecule has 0 unspecified atom stereocenters. The summed E-state index contributed by atoms with van der Waals surface area (Å²) in [4.78, 5) is 6.41. The number of nitrogens with zero attached hydrogens (tertiary/aromatic N) is 3. The summed E-state index contributed by atoms with van der Waals surface area (Å²) in [6.07, 6.45) is 0. The van der Waals surface area contributed by atoms with Crippen LogP contribution in [-0.4, -0.2) is 16.6 Å². The summed E-state index contributed by atoms with van der Waals surface area (Å²) < 4.78 is 47.5. The second kappa shape index (κ2) is 25.6. The zero-order valence-electron chi connectivity index (χ0n) is 60.0. The molecule has 0 spiro atoms. The van der Waals surface area contributed by atoms with E-state index in [1.807, 2.05) is 84.9 Å². The van der Waals surface area contributed by atoms with Crippen molar-refractivity contribution in [2.24, 2.45) is 0 Å². The molecule has 6 heteroatoms. The zero-order valence-corrected chi connectivity index (χ0v) is 60.0. The Kier molecular flexibility index (Phi) is 17.4. The highest BCUT2D eigenvalue weighted by atomic mass is 19.1. The van der Waals surface area contributed by atoms with Crippen LogP contribution in [0.3, 0.4) is 0 Å². The molecule has 0 fully saturated rings. The lowest BCUT2D eigenvalue weighted by Crippen LogP contribution is -2.38. The molecule has 0 radical (unpaired) electrons. The highest BCUT2D eigenvalue weighted by molar-refractivity contribution is 5.89. The smallest absolute Gasteiger partial charge is 0.147 e. The van der Waals surface area contributed by atoms with Gasteiger partial charge in [0, 0.05) is 55.5 Å². The SMILES string of the molecule is CC1(C)c2ccccc2-c2cc(F)c(N(c3ccc(-c4ccccc4)cc3)C(C)(C)C)cc21.CC1(C)c2ccccc2-c2cc(F)c(N(c3cccc(-c4ccccc4)c3)C(C)(C)C)cc21.CC1(C)c2ccccc2-c2cc(F)c(N(c3ccccc3-c3ccccc3)C(C)(C)C)cc21. The predicted octanol–water partition coefficient (Wildman–Crippen LogP) is 26.2. The van der Waals surface area contributed by atoms with Crippen molar-refractivity contribution in [1.82, 2.24) is 0 Å². The van der Waals surface area contributed by atoms with Crippen LogP contribution >= 0.6 is 0 Å². The van der Waals surface area contributed by atoms with Gasteiger partial charge >= 0.3 is 0 Å². The molecule has 3 aliphatic rings. The van der Waals surface area contributed by atoms with Gasteiger partial charge in [0.05, 0.1) is 17.1 Å². The Morgan fingerprint density at radius 1 is 0.222 bits per heavy atom. The van der Waals surface area contributed by atoms with Gasteiger partial charge in [-0.1, -0.05) is 248 Å². The molecule has 0 saturated carbocycles. The zero-order chi connectivity index (χ0) is 70.1. The minimum atomic E-state index is -0.338. The summed E-state index contributed by atoms with van der Waals surface area (Å²) in [6.45, 7) is 32.6. The van der Waals surface area contributed by atoms with Gasteiger partial charge < -0.3 is 14.7 Å². The quantitative estimate of drug-likeness (QED) is 0.143. The number of para-hydroxylation sites is 1. The highest BCUT2D eigenvalue weighted by Crippen LogP contribution is 2.55. The van der Waals surface area contributed by atoms with Crippen molar-refractivity contribution in [3.05, 3.63) is 324 Å². The number of hydrogen-bond donors (Lipinski definition) is 0. The first kappa shape index (κ1) is 67.4. The second-order valence-corrected chi connectivity index (χ2v) is 31.3. The predicted molar refractivity (Wildman–Crippen MR) is 413 cm³/mol. The lowest BCUT2D eigenvalue weighted by molar-refractivity contribution is 0.540. The van der Waals surface area contributed by atoms with E-state index >= 15 is 13.2 Å². The summed E-state index contributed by atoms with van der Waals surface area (Å²) in [7, 11) is 0. The first-order chi connectivity index (χ1) is 47.0. The molecular weight excluding hydrogens is 1220 g/mol. The van der Waals surface area contributed by atoms with Crippen LogP contribution in [0.2, 0.25) is 0 Å². The monoisotopic (exact) mass is 1310 g/mol. The normalized spacial score (nSPS) is 14.0. The van der Waals surface area contributed by atoms with Crippen molar-refractivity contribution in [3.63, 3.8) is 0 Å². The van der Waals surface area contributed by atoms with Crippen LogP contribution in [0, 0.1) is 17.5 Å². The molecule has 0 atom stereocenters. The van der Waals surface area contributed by atoms with Gasteiger partial charge in [-0.05, 0) is 224 Å². The van der Waals surface area contributed by atoms with Crippen LogP contribution < -0.4 is 14.7 Å². The molecule has 3 aliphatic carbocycles. The molecule has 0 bridgehead atoms. The van der Waals surface area contributed by atoms with E-state index in [1.54, 1.807) is 18.2 Å². The topological polar surface area (TPSA) is 9.72 Å². The lowest BCUT2D eigenvalue weighted by atomic mass is 9.82. The number of fused-ring (bicyclic) bond motifs is 9. The Labute approximate surface area is 585 Å². The minimum absolute atomic E-state index is 0.172. The number of anilines is 6. The molecule has 15 rings (SSSR count). The molecule has 0 amide bonds. The van der Waals surface area contributed by atoms with Gasteiger partial charge in [0.2, 0.25) is 0 Å². The summed E-state index contributed by atoms with van der Waals surface area (Å²) in [6, 6.07) is 92.7. The average molecular weight is 1310 g/mol. The van der Waals surface area contributed by atoms with Crippen molar-refractivity contribution in [3.8, 4) is 66.8 Å². The molecule has 3 nitrogen and oxygen atoms in total. The lowest BCUT2D eigenvalue weighted by Gasteiger charge is -2.40. The summed E-state index contributed by atoms with van der Waals surface area (Å²) in [5.74, 6) is -0.580. The van der Waals surface area contributed by atoms with Gasteiger partial charge in [0.15, 0.2) is 0 Å².